The van der Waals surface area contributed by atoms with Crippen LogP contribution in [0.25, 0.3) is 0 Å². The van der Waals surface area contributed by atoms with Crippen molar-refractivity contribution in [3.63, 3.8) is 0 Å². The summed E-state index contributed by atoms with van der Waals surface area (Å²) in [5, 5.41) is 8.87. The minimum atomic E-state index is -0.856. The second kappa shape index (κ2) is 2.96. The van der Waals surface area contributed by atoms with E-state index in [1.807, 2.05) is 0 Å². The molecular weight excluding hydrogens is 171 g/mol. The first-order valence-electron chi connectivity index (χ1n) is 2.87. The lowest BCUT2D eigenvalue weighted by atomic mass is 10.3. The van der Waals surface area contributed by atoms with Gasteiger partial charge < -0.3 is 9.84 Å². The van der Waals surface area contributed by atoms with Gasteiger partial charge in [-0.1, -0.05) is 11.6 Å². The first-order valence-corrected chi connectivity index (χ1v) is 3.25. The summed E-state index contributed by atoms with van der Waals surface area (Å²) in [6.45, 7) is 0. The Balaban J connectivity index is 3.25. The van der Waals surface area contributed by atoms with Crippen LogP contribution in [-0.4, -0.2) is 12.2 Å². The summed E-state index contributed by atoms with van der Waals surface area (Å²) in [7, 11) is 1.34. The highest BCUT2D eigenvalue weighted by Crippen LogP contribution is 2.32. The van der Waals surface area contributed by atoms with E-state index in [2.05, 4.69) is 4.74 Å². The molecule has 0 bridgehead atoms. The first-order chi connectivity index (χ1) is 5.16. The predicted molar refractivity (Wildman–Crippen MR) is 39.6 cm³/mol. The normalized spacial score (nSPS) is 9.73. The van der Waals surface area contributed by atoms with Crippen molar-refractivity contribution in [3.05, 3.63) is 23.0 Å². The SMILES string of the molecule is COc1ccc(Cl)c(F)c1O. The molecule has 0 fully saturated rings. The van der Waals surface area contributed by atoms with Gasteiger partial charge in [0.15, 0.2) is 17.3 Å². The summed E-state index contributed by atoms with van der Waals surface area (Å²) in [5.74, 6) is -1.34. The van der Waals surface area contributed by atoms with Gasteiger partial charge in [-0.25, -0.2) is 4.39 Å². The second-order valence-corrected chi connectivity index (χ2v) is 2.32. The second-order valence-electron chi connectivity index (χ2n) is 1.91. The van der Waals surface area contributed by atoms with Crippen molar-refractivity contribution < 1.29 is 14.2 Å². The van der Waals surface area contributed by atoms with Gasteiger partial charge in [0.1, 0.15) is 0 Å². The molecule has 0 heterocycles. The third kappa shape index (κ3) is 1.38. The number of halogens is 2. The fourth-order valence-electron chi connectivity index (χ4n) is 0.687. The van der Waals surface area contributed by atoms with Crippen molar-refractivity contribution in [1.29, 1.82) is 0 Å². The van der Waals surface area contributed by atoms with E-state index >= 15 is 0 Å². The molecule has 0 radical (unpaired) electrons. The minimum Gasteiger partial charge on any atom is -0.502 e. The maximum absolute atomic E-state index is 12.7. The molecule has 0 aromatic heterocycles. The highest BCUT2D eigenvalue weighted by atomic mass is 35.5. The molecule has 0 spiro atoms. The molecule has 1 rings (SSSR count). The zero-order valence-electron chi connectivity index (χ0n) is 5.77. The van der Waals surface area contributed by atoms with Crippen molar-refractivity contribution in [2.75, 3.05) is 7.11 Å². The molecule has 1 N–H and O–H groups in total. The molecule has 0 amide bonds. The fraction of sp³-hybridized carbons (Fsp3) is 0.143. The summed E-state index contributed by atoms with van der Waals surface area (Å²) in [5.41, 5.74) is 0. The molecule has 60 valence electrons. The molecule has 0 saturated carbocycles. The Hall–Kier alpha value is -0.960. The molecule has 0 aliphatic rings. The lowest BCUT2D eigenvalue weighted by molar-refractivity contribution is 0.357. The van der Waals surface area contributed by atoms with Crippen molar-refractivity contribution in [2.45, 2.75) is 0 Å². The highest BCUT2D eigenvalue weighted by molar-refractivity contribution is 6.30. The lowest BCUT2D eigenvalue weighted by Crippen LogP contribution is -1.86. The van der Waals surface area contributed by atoms with Crippen molar-refractivity contribution >= 4 is 11.6 Å². The smallest absolute Gasteiger partial charge is 0.195 e. The number of phenolic OH excluding ortho intramolecular Hbond substituents is 1. The van der Waals surface area contributed by atoms with E-state index in [1.54, 1.807) is 0 Å². The summed E-state index contributed by atoms with van der Waals surface area (Å²) in [6.07, 6.45) is 0. The Morgan fingerprint density at radius 2 is 2.18 bits per heavy atom. The van der Waals surface area contributed by atoms with Gasteiger partial charge in [-0.05, 0) is 12.1 Å². The van der Waals surface area contributed by atoms with Gasteiger partial charge in [0, 0.05) is 0 Å². The van der Waals surface area contributed by atoms with Crippen molar-refractivity contribution in [3.8, 4) is 11.5 Å². The maximum atomic E-state index is 12.7. The molecule has 0 saturated heterocycles. The summed E-state index contributed by atoms with van der Waals surface area (Å²) < 4.78 is 17.3. The third-order valence-electron chi connectivity index (χ3n) is 1.25. The molecule has 1 aromatic carbocycles. The van der Waals surface area contributed by atoms with Gasteiger partial charge in [0.2, 0.25) is 0 Å². The van der Waals surface area contributed by atoms with E-state index in [0.717, 1.165) is 0 Å². The summed E-state index contributed by atoms with van der Waals surface area (Å²) in [4.78, 5) is 0. The number of methoxy groups -OCH3 is 1. The quantitative estimate of drug-likeness (QED) is 0.711. The van der Waals surface area contributed by atoms with Crippen LogP contribution < -0.4 is 4.74 Å². The van der Waals surface area contributed by atoms with E-state index in [0.29, 0.717) is 0 Å². The van der Waals surface area contributed by atoms with E-state index < -0.39 is 11.6 Å². The third-order valence-corrected chi connectivity index (χ3v) is 1.54. The molecule has 2 nitrogen and oxygen atoms in total. The Morgan fingerprint density at radius 3 is 2.73 bits per heavy atom. The number of hydrogen-bond acceptors (Lipinski definition) is 2. The van der Waals surface area contributed by atoms with E-state index in [4.69, 9.17) is 16.7 Å². The standard InChI is InChI=1S/C7H6ClFO2/c1-11-5-3-2-4(8)6(9)7(5)10/h2-3,10H,1H3. The summed E-state index contributed by atoms with van der Waals surface area (Å²) >= 11 is 5.35. The topological polar surface area (TPSA) is 29.5 Å². The van der Waals surface area contributed by atoms with E-state index in [-0.39, 0.29) is 10.8 Å². The molecule has 1 aromatic rings. The molecular formula is C7H6ClFO2. The molecule has 0 unspecified atom stereocenters. The number of phenols is 1. The molecule has 11 heavy (non-hydrogen) atoms. The average molecular weight is 177 g/mol. The van der Waals surface area contributed by atoms with Gasteiger partial charge in [0.25, 0.3) is 0 Å². The zero-order chi connectivity index (χ0) is 8.43. The predicted octanol–water partition coefficient (Wildman–Crippen LogP) is 2.19. The molecule has 0 atom stereocenters. The van der Waals surface area contributed by atoms with Crippen LogP contribution >= 0.6 is 11.6 Å². The monoisotopic (exact) mass is 176 g/mol. The van der Waals surface area contributed by atoms with Gasteiger partial charge >= 0.3 is 0 Å². The molecule has 0 aliphatic heterocycles. The zero-order valence-corrected chi connectivity index (χ0v) is 6.52. The van der Waals surface area contributed by atoms with Gasteiger partial charge in [-0.15, -0.1) is 0 Å². The van der Waals surface area contributed by atoms with Crippen molar-refractivity contribution in [1.82, 2.24) is 0 Å². The lowest BCUT2D eigenvalue weighted by Gasteiger charge is -2.03. The average Bonchev–Trinajstić information content (AvgIpc) is 2.01. The first kappa shape index (κ1) is 8.14. The number of benzene rings is 1. The van der Waals surface area contributed by atoms with Gasteiger partial charge in [-0.2, -0.15) is 0 Å². The van der Waals surface area contributed by atoms with E-state index in [1.165, 1.54) is 19.2 Å². The van der Waals surface area contributed by atoms with Crippen molar-refractivity contribution in [2.24, 2.45) is 0 Å². The number of ether oxygens (including phenoxy) is 1. The Kier molecular flexibility index (Phi) is 2.19. The minimum absolute atomic E-state index is 0.0758. The van der Waals surface area contributed by atoms with Crippen LogP contribution in [-0.2, 0) is 0 Å². The molecule has 0 aliphatic carbocycles. The van der Waals surface area contributed by atoms with E-state index in [9.17, 15) is 4.39 Å². The van der Waals surface area contributed by atoms with Gasteiger partial charge in [0.05, 0.1) is 12.1 Å². The Labute approximate surface area is 68.2 Å². The van der Waals surface area contributed by atoms with Crippen LogP contribution in [0.1, 0.15) is 0 Å². The van der Waals surface area contributed by atoms with Crippen LogP contribution in [0.3, 0.4) is 0 Å². The van der Waals surface area contributed by atoms with Crippen LogP contribution in [0.15, 0.2) is 12.1 Å². The van der Waals surface area contributed by atoms with Crippen LogP contribution in [0.5, 0.6) is 11.5 Å². The maximum Gasteiger partial charge on any atom is 0.195 e. The Bertz CT molecular complexity index is 275. The van der Waals surface area contributed by atoms with Crippen LogP contribution in [0.2, 0.25) is 5.02 Å². The highest BCUT2D eigenvalue weighted by Gasteiger charge is 2.10. The largest absolute Gasteiger partial charge is 0.502 e. The number of hydrogen-bond donors (Lipinski definition) is 1. The van der Waals surface area contributed by atoms with Crippen LogP contribution in [0, 0.1) is 5.82 Å². The number of rotatable bonds is 1. The van der Waals surface area contributed by atoms with Gasteiger partial charge in [-0.3, -0.25) is 0 Å². The summed E-state index contributed by atoms with van der Waals surface area (Å²) in [6, 6.07) is 2.70. The van der Waals surface area contributed by atoms with Crippen LogP contribution in [0.4, 0.5) is 4.39 Å². The molecule has 4 heteroatoms. The Morgan fingerprint density at radius 1 is 1.55 bits per heavy atom. The fourth-order valence-corrected chi connectivity index (χ4v) is 0.839. The number of aromatic hydroxyl groups is 1.